The maximum absolute atomic E-state index is 12.3. The highest BCUT2D eigenvalue weighted by atomic mass is 35.5. The van der Waals surface area contributed by atoms with Gasteiger partial charge >= 0.3 is 12.6 Å². The molecule has 0 bridgehead atoms. The standard InChI is InChI=1S/C15H11ClF2N2O3/c16-11-6-5-9(14(21)22)7-12(11)20-19-8-10-3-1-2-4-13(10)23-15(17)18/h1-8,15,20H,(H,21,22)/b19-8-. The van der Waals surface area contributed by atoms with Gasteiger partial charge in [0, 0.05) is 5.56 Å². The average molecular weight is 341 g/mol. The van der Waals surface area contributed by atoms with Crippen molar-refractivity contribution in [3.8, 4) is 5.75 Å². The minimum absolute atomic E-state index is 0.0292. The molecule has 0 aliphatic rings. The first-order chi connectivity index (χ1) is 11.0. The molecule has 2 aromatic rings. The summed E-state index contributed by atoms with van der Waals surface area (Å²) < 4.78 is 29.0. The van der Waals surface area contributed by atoms with E-state index in [1.54, 1.807) is 12.1 Å². The molecule has 2 N–H and O–H groups in total. The van der Waals surface area contributed by atoms with Gasteiger partial charge in [0.2, 0.25) is 0 Å². The Morgan fingerprint density at radius 2 is 2.04 bits per heavy atom. The molecule has 5 nitrogen and oxygen atoms in total. The van der Waals surface area contributed by atoms with E-state index in [1.807, 2.05) is 0 Å². The molecule has 0 unspecified atom stereocenters. The zero-order valence-electron chi connectivity index (χ0n) is 11.5. The zero-order valence-corrected chi connectivity index (χ0v) is 12.3. The third kappa shape index (κ3) is 4.65. The van der Waals surface area contributed by atoms with Crippen LogP contribution in [0.5, 0.6) is 5.75 Å². The van der Waals surface area contributed by atoms with Gasteiger partial charge < -0.3 is 9.84 Å². The number of aromatic carboxylic acids is 1. The largest absolute Gasteiger partial charge is 0.478 e. The summed E-state index contributed by atoms with van der Waals surface area (Å²) in [7, 11) is 0. The first kappa shape index (κ1) is 16.7. The number of nitrogens with one attached hydrogen (secondary N) is 1. The number of halogens is 3. The molecule has 0 fully saturated rings. The van der Waals surface area contributed by atoms with E-state index in [-0.39, 0.29) is 22.0 Å². The fourth-order valence-electron chi connectivity index (χ4n) is 1.71. The van der Waals surface area contributed by atoms with Gasteiger partial charge in [0.15, 0.2) is 0 Å². The summed E-state index contributed by atoms with van der Waals surface area (Å²) in [5.41, 5.74) is 3.20. The molecule has 2 aromatic carbocycles. The predicted molar refractivity (Wildman–Crippen MR) is 82.7 cm³/mol. The average Bonchev–Trinajstić information content (AvgIpc) is 2.50. The molecule has 120 valence electrons. The van der Waals surface area contributed by atoms with Crippen LogP contribution in [0.15, 0.2) is 47.6 Å². The number of anilines is 1. The SMILES string of the molecule is O=C(O)c1ccc(Cl)c(N/N=C\c2ccccc2OC(F)F)c1. The lowest BCUT2D eigenvalue weighted by molar-refractivity contribution is -0.0499. The summed E-state index contributed by atoms with van der Waals surface area (Å²) in [6.45, 7) is -2.95. The monoisotopic (exact) mass is 340 g/mol. The second-order valence-corrected chi connectivity index (χ2v) is 4.69. The van der Waals surface area contributed by atoms with Gasteiger partial charge in [0.25, 0.3) is 0 Å². The van der Waals surface area contributed by atoms with Gasteiger partial charge in [0.1, 0.15) is 5.75 Å². The number of carboxylic acid groups (broad SMARTS) is 1. The van der Waals surface area contributed by atoms with Gasteiger partial charge in [-0.2, -0.15) is 13.9 Å². The fraction of sp³-hybridized carbons (Fsp3) is 0.0667. The smallest absolute Gasteiger partial charge is 0.387 e. The van der Waals surface area contributed by atoms with Crippen LogP contribution in [0.25, 0.3) is 0 Å². The molecule has 2 rings (SSSR count). The maximum atomic E-state index is 12.3. The van der Waals surface area contributed by atoms with Crippen molar-refractivity contribution in [1.82, 2.24) is 0 Å². The van der Waals surface area contributed by atoms with Crippen LogP contribution < -0.4 is 10.2 Å². The number of para-hydroxylation sites is 1. The molecular formula is C15H11ClF2N2O3. The molecule has 8 heteroatoms. The van der Waals surface area contributed by atoms with Crippen molar-refractivity contribution in [2.45, 2.75) is 6.61 Å². The number of rotatable bonds is 6. The first-order valence-corrected chi connectivity index (χ1v) is 6.71. The lowest BCUT2D eigenvalue weighted by Crippen LogP contribution is -2.04. The summed E-state index contributed by atoms with van der Waals surface area (Å²) in [6, 6.07) is 10.2. The first-order valence-electron chi connectivity index (χ1n) is 6.33. The normalized spacial score (nSPS) is 11.0. The van der Waals surface area contributed by atoms with E-state index >= 15 is 0 Å². The van der Waals surface area contributed by atoms with Crippen LogP contribution in [-0.2, 0) is 0 Å². The van der Waals surface area contributed by atoms with E-state index in [1.165, 1.54) is 36.5 Å². The van der Waals surface area contributed by atoms with Gasteiger partial charge in [-0.3, -0.25) is 5.43 Å². The number of carboxylic acids is 1. The van der Waals surface area contributed by atoms with Gasteiger partial charge in [-0.25, -0.2) is 4.79 Å². The Hall–Kier alpha value is -2.67. The van der Waals surface area contributed by atoms with Crippen molar-refractivity contribution in [3.05, 3.63) is 58.6 Å². The van der Waals surface area contributed by atoms with Crippen molar-refractivity contribution in [2.75, 3.05) is 5.43 Å². The Balaban J connectivity index is 2.16. The van der Waals surface area contributed by atoms with Crippen LogP contribution in [0.2, 0.25) is 5.02 Å². The molecule has 23 heavy (non-hydrogen) atoms. The van der Waals surface area contributed by atoms with Crippen molar-refractivity contribution in [1.29, 1.82) is 0 Å². The lowest BCUT2D eigenvalue weighted by Gasteiger charge is -2.07. The topological polar surface area (TPSA) is 70.9 Å². The molecular weight excluding hydrogens is 330 g/mol. The van der Waals surface area contributed by atoms with Crippen molar-refractivity contribution < 1.29 is 23.4 Å². The summed E-state index contributed by atoms with van der Waals surface area (Å²) in [4.78, 5) is 10.9. The van der Waals surface area contributed by atoms with Crippen molar-refractivity contribution in [2.24, 2.45) is 5.10 Å². The minimum atomic E-state index is -2.95. The second kappa shape index (κ2) is 7.55. The van der Waals surface area contributed by atoms with Crippen molar-refractivity contribution >= 4 is 29.5 Å². The molecule has 0 heterocycles. The van der Waals surface area contributed by atoms with Crippen LogP contribution in [-0.4, -0.2) is 23.9 Å². The Labute approximate surface area is 135 Å². The molecule has 0 saturated heterocycles. The molecule has 0 atom stereocenters. The summed E-state index contributed by atoms with van der Waals surface area (Å²) in [5, 5.41) is 13.1. The summed E-state index contributed by atoms with van der Waals surface area (Å²) in [6.07, 6.45) is 1.27. The lowest BCUT2D eigenvalue weighted by atomic mass is 10.2. The number of carbonyl (C=O) groups is 1. The third-order valence-corrected chi connectivity index (χ3v) is 3.07. The van der Waals surface area contributed by atoms with E-state index < -0.39 is 12.6 Å². The Morgan fingerprint density at radius 3 is 2.74 bits per heavy atom. The van der Waals surface area contributed by atoms with Crippen LogP contribution >= 0.6 is 11.6 Å². The minimum Gasteiger partial charge on any atom is -0.478 e. The third-order valence-electron chi connectivity index (χ3n) is 2.74. The highest BCUT2D eigenvalue weighted by Crippen LogP contribution is 2.23. The van der Waals surface area contributed by atoms with Crippen molar-refractivity contribution in [3.63, 3.8) is 0 Å². The summed E-state index contributed by atoms with van der Waals surface area (Å²) in [5.74, 6) is -1.14. The van der Waals surface area contributed by atoms with Crippen LogP contribution in [0, 0.1) is 0 Å². The zero-order chi connectivity index (χ0) is 16.8. The number of hydrogen-bond acceptors (Lipinski definition) is 4. The van der Waals surface area contributed by atoms with Gasteiger partial charge in [-0.05, 0) is 30.3 Å². The number of alkyl halides is 2. The van der Waals surface area contributed by atoms with E-state index in [2.05, 4.69) is 15.3 Å². The predicted octanol–water partition coefficient (Wildman–Crippen LogP) is 4.09. The maximum Gasteiger partial charge on any atom is 0.387 e. The number of benzene rings is 2. The Morgan fingerprint density at radius 1 is 1.30 bits per heavy atom. The van der Waals surface area contributed by atoms with Gasteiger partial charge in [-0.1, -0.05) is 23.7 Å². The van der Waals surface area contributed by atoms with Crippen LogP contribution in [0.1, 0.15) is 15.9 Å². The summed E-state index contributed by atoms with van der Waals surface area (Å²) >= 11 is 5.93. The number of hydrazone groups is 1. The molecule has 0 amide bonds. The number of hydrogen-bond donors (Lipinski definition) is 2. The molecule has 0 aromatic heterocycles. The molecule has 0 spiro atoms. The highest BCUT2D eigenvalue weighted by molar-refractivity contribution is 6.33. The quantitative estimate of drug-likeness (QED) is 0.614. The molecule has 0 radical (unpaired) electrons. The van der Waals surface area contributed by atoms with Crippen LogP contribution in [0.4, 0.5) is 14.5 Å². The van der Waals surface area contributed by atoms with E-state index in [0.29, 0.717) is 5.56 Å². The van der Waals surface area contributed by atoms with E-state index in [4.69, 9.17) is 16.7 Å². The number of nitrogens with zero attached hydrogens (tertiary/aromatic N) is 1. The fourth-order valence-corrected chi connectivity index (χ4v) is 1.87. The van der Waals surface area contributed by atoms with Gasteiger partial charge in [-0.15, -0.1) is 0 Å². The van der Waals surface area contributed by atoms with Gasteiger partial charge in [0.05, 0.1) is 22.5 Å². The molecule has 0 saturated carbocycles. The second-order valence-electron chi connectivity index (χ2n) is 4.29. The van der Waals surface area contributed by atoms with Crippen LogP contribution in [0.3, 0.4) is 0 Å². The Bertz CT molecular complexity index is 738. The number of ether oxygens (including phenoxy) is 1. The highest BCUT2D eigenvalue weighted by Gasteiger charge is 2.08. The Kier molecular flexibility index (Phi) is 5.48. The van der Waals surface area contributed by atoms with E-state index in [9.17, 15) is 13.6 Å². The molecule has 0 aliphatic heterocycles. The molecule has 0 aliphatic carbocycles. The van der Waals surface area contributed by atoms with E-state index in [0.717, 1.165) is 0 Å².